The largest absolute Gasteiger partial charge is 0.492 e. The highest BCUT2D eigenvalue weighted by Crippen LogP contribution is 2.38. The maximum atomic E-state index is 12.1. The van der Waals surface area contributed by atoms with E-state index in [0.717, 1.165) is 5.47 Å². The lowest BCUT2D eigenvalue weighted by Gasteiger charge is -2.32. The van der Waals surface area contributed by atoms with Gasteiger partial charge in [0.1, 0.15) is 10.2 Å². The predicted octanol–water partition coefficient (Wildman–Crippen LogP) is 3.78. The van der Waals surface area contributed by atoms with Crippen LogP contribution in [0, 0.1) is 0 Å². The fourth-order valence-electron chi connectivity index (χ4n) is 2.27. The van der Waals surface area contributed by atoms with Gasteiger partial charge in [0.05, 0.1) is 29.3 Å². The van der Waals surface area contributed by atoms with E-state index in [-0.39, 0.29) is 6.54 Å². The van der Waals surface area contributed by atoms with E-state index in [2.05, 4.69) is 31.2 Å². The summed E-state index contributed by atoms with van der Waals surface area (Å²) in [5.74, 6) is 0. The van der Waals surface area contributed by atoms with Crippen molar-refractivity contribution < 1.29 is 18.8 Å². The molecule has 0 bridgehead atoms. The zero-order chi connectivity index (χ0) is 20.5. The van der Waals surface area contributed by atoms with Gasteiger partial charge in [0, 0.05) is 6.54 Å². The van der Waals surface area contributed by atoms with Gasteiger partial charge in [-0.25, -0.2) is 9.78 Å². The van der Waals surface area contributed by atoms with E-state index < -0.39 is 30.0 Å². The number of alkyl carbamates (subject to hydrolysis) is 1. The van der Waals surface area contributed by atoms with Crippen molar-refractivity contribution in [1.29, 1.82) is 0 Å². The number of amides is 1. The molecule has 1 amide bonds. The van der Waals surface area contributed by atoms with Crippen molar-refractivity contribution >= 4 is 35.2 Å². The molecule has 0 aliphatic carbocycles. The summed E-state index contributed by atoms with van der Waals surface area (Å²) < 4.78 is 18.2. The number of hydrogen-bond acceptors (Lipinski definition) is 6. The van der Waals surface area contributed by atoms with Gasteiger partial charge in [-0.3, -0.25) is 4.98 Å². The van der Waals surface area contributed by atoms with Gasteiger partial charge in [0.15, 0.2) is 0 Å². The minimum absolute atomic E-state index is 0.198. The summed E-state index contributed by atoms with van der Waals surface area (Å²) in [6.45, 7) is 13.6. The maximum absolute atomic E-state index is 12.1. The number of hydrogen-bond donors (Lipinski definition) is 1. The fraction of sp³-hybridized carbons (Fsp3) is 0.611. The summed E-state index contributed by atoms with van der Waals surface area (Å²) in [5, 5.41) is 2.76. The van der Waals surface area contributed by atoms with Crippen molar-refractivity contribution in [3.8, 4) is 0 Å². The quantitative estimate of drug-likeness (QED) is 0.718. The minimum Gasteiger partial charge on any atom is -0.444 e. The van der Waals surface area contributed by atoms with Gasteiger partial charge in [-0.15, -0.1) is 0 Å². The molecule has 7 nitrogen and oxygen atoms in total. The second-order valence-electron chi connectivity index (χ2n) is 8.43. The molecule has 0 spiro atoms. The highest BCUT2D eigenvalue weighted by atomic mass is 79.9. The maximum Gasteiger partial charge on any atom is 0.492 e. The first-order chi connectivity index (χ1) is 12.3. The lowest BCUT2D eigenvalue weighted by Crippen LogP contribution is -2.41. The smallest absolute Gasteiger partial charge is 0.444 e. The van der Waals surface area contributed by atoms with Crippen LogP contribution in [0.2, 0.25) is 0 Å². The Morgan fingerprint density at radius 3 is 2.30 bits per heavy atom. The lowest BCUT2D eigenvalue weighted by atomic mass is 9.77. The van der Waals surface area contributed by atoms with E-state index in [4.69, 9.17) is 14.0 Å². The standard InChI is InChI=1S/C18H27BBrN3O4/c1-16(2,3)25-15(24)23-9-12(8-13-10-22-14(20)11-21-13)19-26-17(4,5)18(6,7)27-19/h8,10-11H,9H2,1-7H3,(H,23,24). The summed E-state index contributed by atoms with van der Waals surface area (Å²) in [7, 11) is -0.615. The number of nitrogens with one attached hydrogen (secondary N) is 1. The van der Waals surface area contributed by atoms with Crippen molar-refractivity contribution in [2.24, 2.45) is 0 Å². The summed E-state index contributed by atoms with van der Waals surface area (Å²) in [4.78, 5) is 20.5. The van der Waals surface area contributed by atoms with Crippen LogP contribution in [0.3, 0.4) is 0 Å². The Hall–Kier alpha value is -1.45. The molecule has 148 valence electrons. The second kappa shape index (κ2) is 7.89. The zero-order valence-electron chi connectivity index (χ0n) is 16.9. The number of aromatic nitrogens is 2. The van der Waals surface area contributed by atoms with Crippen LogP contribution in [0.1, 0.15) is 54.2 Å². The molecular formula is C18H27BBrN3O4. The van der Waals surface area contributed by atoms with Crippen molar-refractivity contribution in [2.45, 2.75) is 65.3 Å². The van der Waals surface area contributed by atoms with Crippen LogP contribution in [0.5, 0.6) is 0 Å². The summed E-state index contributed by atoms with van der Waals surface area (Å²) >= 11 is 3.27. The van der Waals surface area contributed by atoms with Gasteiger partial charge in [-0.1, -0.05) is 0 Å². The highest BCUT2D eigenvalue weighted by Gasteiger charge is 2.52. The zero-order valence-corrected chi connectivity index (χ0v) is 18.5. The van der Waals surface area contributed by atoms with Gasteiger partial charge < -0.3 is 19.4 Å². The Balaban J connectivity index is 2.22. The topological polar surface area (TPSA) is 82.6 Å². The summed E-state index contributed by atoms with van der Waals surface area (Å²) in [6.07, 6.45) is 4.53. The Morgan fingerprint density at radius 2 is 1.81 bits per heavy atom. The molecule has 1 aromatic rings. The molecule has 1 aromatic heterocycles. The first kappa shape index (κ1) is 21.9. The van der Waals surface area contributed by atoms with Crippen LogP contribution < -0.4 is 5.32 Å². The van der Waals surface area contributed by atoms with Gasteiger partial charge in [0.25, 0.3) is 0 Å². The molecule has 2 heterocycles. The fourth-order valence-corrected chi connectivity index (χ4v) is 2.48. The molecular weight excluding hydrogens is 413 g/mol. The molecule has 0 atom stereocenters. The minimum atomic E-state index is -0.615. The molecule has 0 unspecified atom stereocenters. The predicted molar refractivity (Wildman–Crippen MR) is 108 cm³/mol. The third kappa shape index (κ3) is 6.02. The van der Waals surface area contributed by atoms with Crippen molar-refractivity contribution in [3.63, 3.8) is 0 Å². The normalized spacial score (nSPS) is 19.1. The van der Waals surface area contributed by atoms with Crippen LogP contribution in [0.4, 0.5) is 4.79 Å². The van der Waals surface area contributed by atoms with Crippen molar-refractivity contribution in [1.82, 2.24) is 15.3 Å². The molecule has 1 saturated heterocycles. The van der Waals surface area contributed by atoms with Crippen LogP contribution >= 0.6 is 15.9 Å². The Kier molecular flexibility index (Phi) is 6.38. The summed E-state index contributed by atoms with van der Waals surface area (Å²) in [5.41, 5.74) is -0.206. The van der Waals surface area contributed by atoms with Crippen molar-refractivity contribution in [3.05, 3.63) is 28.2 Å². The van der Waals surface area contributed by atoms with E-state index in [1.54, 1.807) is 18.5 Å². The van der Waals surface area contributed by atoms with Crippen LogP contribution in [-0.4, -0.2) is 46.5 Å². The van der Waals surface area contributed by atoms with E-state index in [1.807, 2.05) is 48.5 Å². The van der Waals surface area contributed by atoms with Gasteiger partial charge in [-0.2, -0.15) is 0 Å². The number of carbonyl (C=O) groups is 1. The number of nitrogens with zero attached hydrogens (tertiary/aromatic N) is 2. The molecule has 27 heavy (non-hydrogen) atoms. The molecule has 1 N–H and O–H groups in total. The molecule has 1 aliphatic rings. The molecule has 2 rings (SSSR count). The van der Waals surface area contributed by atoms with Crippen molar-refractivity contribution in [2.75, 3.05) is 6.54 Å². The van der Waals surface area contributed by atoms with Gasteiger partial charge >= 0.3 is 13.2 Å². The van der Waals surface area contributed by atoms with E-state index in [9.17, 15) is 4.79 Å². The summed E-state index contributed by atoms with van der Waals surface area (Å²) in [6, 6.07) is 0. The average molecular weight is 440 g/mol. The Morgan fingerprint density at radius 1 is 1.22 bits per heavy atom. The highest BCUT2D eigenvalue weighted by molar-refractivity contribution is 9.10. The third-order valence-electron chi connectivity index (χ3n) is 4.37. The van der Waals surface area contributed by atoms with Crippen LogP contribution in [-0.2, 0) is 14.0 Å². The molecule has 0 saturated carbocycles. The van der Waals surface area contributed by atoms with E-state index in [0.29, 0.717) is 10.3 Å². The first-order valence-electron chi connectivity index (χ1n) is 8.80. The third-order valence-corrected chi connectivity index (χ3v) is 4.77. The second-order valence-corrected chi connectivity index (χ2v) is 9.24. The number of carbonyl (C=O) groups excluding carboxylic acids is 1. The molecule has 1 fully saturated rings. The molecule has 0 aromatic carbocycles. The van der Waals surface area contributed by atoms with Gasteiger partial charge in [-0.05, 0) is 75.9 Å². The Labute approximate surface area is 169 Å². The van der Waals surface area contributed by atoms with Crippen LogP contribution in [0.25, 0.3) is 6.08 Å². The number of ether oxygens (including phenoxy) is 1. The first-order valence-corrected chi connectivity index (χ1v) is 9.59. The molecule has 1 aliphatic heterocycles. The molecule has 0 radical (unpaired) electrons. The van der Waals surface area contributed by atoms with Gasteiger partial charge in [0.2, 0.25) is 0 Å². The SMILES string of the molecule is CC(C)(C)OC(=O)NCC(=Cc1cnc(Br)cn1)B1OC(C)(C)C(C)(C)O1. The van der Waals surface area contributed by atoms with E-state index in [1.165, 1.54) is 0 Å². The number of rotatable bonds is 4. The van der Waals surface area contributed by atoms with Crippen LogP contribution in [0.15, 0.2) is 22.5 Å². The average Bonchev–Trinajstić information content (AvgIpc) is 2.72. The lowest BCUT2D eigenvalue weighted by molar-refractivity contribution is 0.00578. The monoisotopic (exact) mass is 439 g/mol. The Bertz CT molecular complexity index is 698. The number of halogens is 1. The van der Waals surface area contributed by atoms with E-state index >= 15 is 0 Å². The molecule has 9 heteroatoms.